The molecule has 0 radical (unpaired) electrons. The molecule has 102 valence electrons. The van der Waals surface area contributed by atoms with Gasteiger partial charge in [0.1, 0.15) is 18.6 Å². The number of thioether (sulfide) groups is 1. The van der Waals surface area contributed by atoms with Crippen LogP contribution in [0.5, 0.6) is 5.75 Å². The lowest BCUT2D eigenvalue weighted by atomic mass is 10.1. The quantitative estimate of drug-likeness (QED) is 0.790. The molecule has 0 saturated heterocycles. The molecule has 20 heavy (non-hydrogen) atoms. The molecule has 2 nitrogen and oxygen atoms in total. The van der Waals surface area contributed by atoms with E-state index in [1.807, 2.05) is 11.8 Å². The van der Waals surface area contributed by atoms with Gasteiger partial charge in [0.25, 0.3) is 0 Å². The summed E-state index contributed by atoms with van der Waals surface area (Å²) in [6.07, 6.45) is 1.80. The standard InChI is InChI=1S/C16H13ClO2S/c17-14-7-11(9-18)5-6-15(14)19-10-13-8-12-3-1-2-4-16(12)20-13/h1-7,9,13H,8,10H2. The van der Waals surface area contributed by atoms with Crippen LogP contribution < -0.4 is 4.74 Å². The summed E-state index contributed by atoms with van der Waals surface area (Å²) in [6, 6.07) is 13.5. The van der Waals surface area contributed by atoms with E-state index in [1.54, 1.807) is 18.2 Å². The lowest BCUT2D eigenvalue weighted by Crippen LogP contribution is -2.13. The predicted molar refractivity (Wildman–Crippen MR) is 82.1 cm³/mol. The minimum absolute atomic E-state index is 0.411. The third-order valence-corrected chi connectivity index (χ3v) is 4.81. The molecular formula is C16H13ClO2S. The van der Waals surface area contributed by atoms with E-state index in [1.165, 1.54) is 10.5 Å². The molecule has 4 heteroatoms. The van der Waals surface area contributed by atoms with Crippen LogP contribution in [0, 0.1) is 0 Å². The minimum Gasteiger partial charge on any atom is -0.491 e. The maximum atomic E-state index is 10.7. The second-order valence-electron chi connectivity index (χ2n) is 4.67. The number of benzene rings is 2. The lowest BCUT2D eigenvalue weighted by molar-refractivity contribution is 0.112. The first-order chi connectivity index (χ1) is 9.76. The third kappa shape index (κ3) is 2.84. The van der Waals surface area contributed by atoms with Crippen molar-refractivity contribution in [3.63, 3.8) is 0 Å². The summed E-state index contributed by atoms with van der Waals surface area (Å²) >= 11 is 7.94. The van der Waals surface area contributed by atoms with E-state index >= 15 is 0 Å². The van der Waals surface area contributed by atoms with Gasteiger partial charge < -0.3 is 4.74 Å². The predicted octanol–water partition coefficient (Wildman–Crippen LogP) is 4.25. The Balaban J connectivity index is 1.63. The largest absolute Gasteiger partial charge is 0.491 e. The van der Waals surface area contributed by atoms with Crippen LogP contribution >= 0.6 is 23.4 Å². The Labute approximate surface area is 127 Å². The molecule has 2 aromatic rings. The zero-order chi connectivity index (χ0) is 13.9. The number of hydrogen-bond acceptors (Lipinski definition) is 3. The van der Waals surface area contributed by atoms with Gasteiger partial charge in [-0.05, 0) is 36.2 Å². The number of halogens is 1. The normalized spacial score (nSPS) is 16.8. The van der Waals surface area contributed by atoms with Crippen molar-refractivity contribution in [1.29, 1.82) is 0 Å². The fourth-order valence-corrected chi connectivity index (χ4v) is 3.70. The molecule has 0 saturated carbocycles. The summed E-state index contributed by atoms with van der Waals surface area (Å²) in [5, 5.41) is 0.893. The highest BCUT2D eigenvalue weighted by atomic mass is 35.5. The minimum atomic E-state index is 0.411. The van der Waals surface area contributed by atoms with Crippen molar-refractivity contribution in [2.45, 2.75) is 16.6 Å². The average molecular weight is 305 g/mol. The monoisotopic (exact) mass is 304 g/mol. The van der Waals surface area contributed by atoms with E-state index in [-0.39, 0.29) is 0 Å². The highest BCUT2D eigenvalue weighted by Gasteiger charge is 2.22. The SMILES string of the molecule is O=Cc1ccc(OCC2Cc3ccccc3S2)c(Cl)c1. The second kappa shape index (κ2) is 5.90. The van der Waals surface area contributed by atoms with Gasteiger partial charge in [-0.1, -0.05) is 29.8 Å². The van der Waals surface area contributed by atoms with Gasteiger partial charge in [0.05, 0.1) is 5.02 Å². The number of rotatable bonds is 4. The van der Waals surface area contributed by atoms with Gasteiger partial charge in [-0.25, -0.2) is 0 Å². The zero-order valence-corrected chi connectivity index (χ0v) is 12.3. The molecule has 0 N–H and O–H groups in total. The highest BCUT2D eigenvalue weighted by Crippen LogP contribution is 2.37. The van der Waals surface area contributed by atoms with Crippen molar-refractivity contribution < 1.29 is 9.53 Å². The molecular weight excluding hydrogens is 292 g/mol. The average Bonchev–Trinajstić information content (AvgIpc) is 2.88. The van der Waals surface area contributed by atoms with E-state index in [0.717, 1.165) is 12.7 Å². The molecule has 2 aromatic carbocycles. The van der Waals surface area contributed by atoms with Crippen molar-refractivity contribution in [2.75, 3.05) is 6.61 Å². The fourth-order valence-electron chi connectivity index (χ4n) is 2.24. The molecule has 1 unspecified atom stereocenters. The van der Waals surface area contributed by atoms with E-state index in [9.17, 15) is 4.79 Å². The number of fused-ring (bicyclic) bond motifs is 1. The first kappa shape index (κ1) is 13.5. The van der Waals surface area contributed by atoms with E-state index in [2.05, 4.69) is 24.3 Å². The Bertz CT molecular complexity index is 617. The third-order valence-electron chi connectivity index (χ3n) is 3.23. The molecule has 1 atom stereocenters. The van der Waals surface area contributed by atoms with Crippen LogP contribution in [0.2, 0.25) is 5.02 Å². The van der Waals surface area contributed by atoms with Crippen LogP contribution in [0.3, 0.4) is 0 Å². The van der Waals surface area contributed by atoms with E-state index < -0.39 is 0 Å². The van der Waals surface area contributed by atoms with Crippen molar-refractivity contribution >= 4 is 29.6 Å². The van der Waals surface area contributed by atoms with Crippen molar-refractivity contribution in [1.82, 2.24) is 0 Å². The summed E-state index contributed by atoms with van der Waals surface area (Å²) < 4.78 is 5.78. The van der Waals surface area contributed by atoms with Crippen molar-refractivity contribution in [3.05, 3.63) is 58.6 Å². The van der Waals surface area contributed by atoms with Crippen LogP contribution in [0.1, 0.15) is 15.9 Å². The molecule has 0 bridgehead atoms. The first-order valence-electron chi connectivity index (χ1n) is 6.38. The first-order valence-corrected chi connectivity index (χ1v) is 7.64. The molecule has 0 amide bonds. The number of aldehydes is 1. The van der Waals surface area contributed by atoms with Gasteiger partial charge in [0.2, 0.25) is 0 Å². The number of carbonyl (C=O) groups excluding carboxylic acids is 1. The maximum absolute atomic E-state index is 10.7. The fraction of sp³-hybridized carbons (Fsp3) is 0.188. The Kier molecular flexibility index (Phi) is 3.99. The molecule has 1 aliphatic rings. The van der Waals surface area contributed by atoms with Gasteiger partial charge in [-0.15, -0.1) is 11.8 Å². The van der Waals surface area contributed by atoms with E-state index in [0.29, 0.717) is 28.2 Å². The summed E-state index contributed by atoms with van der Waals surface area (Å²) in [6.45, 7) is 0.611. The molecule has 0 aromatic heterocycles. The van der Waals surface area contributed by atoms with Crippen LogP contribution in [-0.2, 0) is 6.42 Å². The molecule has 0 spiro atoms. The summed E-state index contributed by atoms with van der Waals surface area (Å²) in [5.41, 5.74) is 1.94. The van der Waals surface area contributed by atoms with Gasteiger partial charge in [0.15, 0.2) is 0 Å². The lowest BCUT2D eigenvalue weighted by Gasteiger charge is -2.12. The van der Waals surface area contributed by atoms with E-state index in [4.69, 9.17) is 16.3 Å². The summed E-state index contributed by atoms with van der Waals surface area (Å²) in [5.74, 6) is 0.633. The topological polar surface area (TPSA) is 26.3 Å². The van der Waals surface area contributed by atoms with Crippen LogP contribution in [-0.4, -0.2) is 18.1 Å². The number of carbonyl (C=O) groups is 1. The summed E-state index contributed by atoms with van der Waals surface area (Å²) in [4.78, 5) is 12.0. The van der Waals surface area contributed by atoms with Crippen LogP contribution in [0.4, 0.5) is 0 Å². The van der Waals surface area contributed by atoms with Gasteiger partial charge in [-0.2, -0.15) is 0 Å². The molecule has 3 rings (SSSR count). The van der Waals surface area contributed by atoms with Gasteiger partial charge in [0, 0.05) is 15.7 Å². The summed E-state index contributed by atoms with van der Waals surface area (Å²) in [7, 11) is 0. The molecule has 0 aliphatic carbocycles. The Morgan fingerprint density at radius 1 is 1.30 bits per heavy atom. The van der Waals surface area contributed by atoms with Crippen LogP contribution in [0.25, 0.3) is 0 Å². The van der Waals surface area contributed by atoms with Crippen molar-refractivity contribution in [2.24, 2.45) is 0 Å². The van der Waals surface area contributed by atoms with Gasteiger partial charge >= 0.3 is 0 Å². The smallest absolute Gasteiger partial charge is 0.150 e. The second-order valence-corrected chi connectivity index (χ2v) is 6.42. The highest BCUT2D eigenvalue weighted by molar-refractivity contribution is 8.00. The Hall–Kier alpha value is -1.45. The van der Waals surface area contributed by atoms with Gasteiger partial charge in [-0.3, -0.25) is 4.79 Å². The number of hydrogen-bond donors (Lipinski definition) is 0. The Morgan fingerprint density at radius 3 is 2.90 bits per heavy atom. The van der Waals surface area contributed by atoms with Crippen molar-refractivity contribution in [3.8, 4) is 5.75 Å². The number of ether oxygens (including phenoxy) is 1. The van der Waals surface area contributed by atoms with Crippen LogP contribution in [0.15, 0.2) is 47.4 Å². The Morgan fingerprint density at radius 2 is 2.15 bits per heavy atom. The molecule has 1 heterocycles. The zero-order valence-electron chi connectivity index (χ0n) is 10.7. The molecule has 0 fully saturated rings. The molecule has 1 aliphatic heterocycles. The maximum Gasteiger partial charge on any atom is 0.150 e.